The Morgan fingerprint density at radius 1 is 1.06 bits per heavy atom. The van der Waals surface area contributed by atoms with Gasteiger partial charge in [0.05, 0.1) is 6.42 Å². The van der Waals surface area contributed by atoms with E-state index in [0.717, 1.165) is 24.9 Å². The van der Waals surface area contributed by atoms with Crippen molar-refractivity contribution in [2.75, 3.05) is 13.6 Å². The Hall–Kier alpha value is -1.03. The zero-order valence-corrected chi connectivity index (χ0v) is 9.27. The van der Waals surface area contributed by atoms with E-state index in [4.69, 9.17) is 0 Å². The maximum atomic E-state index is 12.1. The molecule has 0 heterocycles. The van der Waals surface area contributed by atoms with Crippen LogP contribution in [0.1, 0.15) is 17.5 Å². The molecule has 1 nitrogen and oxygen atoms in total. The van der Waals surface area contributed by atoms with Crippen LogP contribution < -0.4 is 5.32 Å². The molecule has 4 heteroatoms. The van der Waals surface area contributed by atoms with Gasteiger partial charge in [-0.15, -0.1) is 0 Å². The summed E-state index contributed by atoms with van der Waals surface area (Å²) in [7, 11) is 1.88. The van der Waals surface area contributed by atoms with Crippen LogP contribution in [0.4, 0.5) is 13.2 Å². The molecule has 1 N–H and O–H groups in total. The van der Waals surface area contributed by atoms with Crippen LogP contribution in [0, 0.1) is 0 Å². The van der Waals surface area contributed by atoms with Crippen molar-refractivity contribution in [3.05, 3.63) is 35.4 Å². The van der Waals surface area contributed by atoms with Gasteiger partial charge in [0.1, 0.15) is 0 Å². The highest BCUT2D eigenvalue weighted by Crippen LogP contribution is 2.21. The Balaban J connectivity index is 2.48. The van der Waals surface area contributed by atoms with Gasteiger partial charge in [-0.3, -0.25) is 0 Å². The SMILES string of the molecule is CNCCCc1ccc(CC(F)(F)F)cc1. The van der Waals surface area contributed by atoms with Crippen molar-refractivity contribution < 1.29 is 13.2 Å². The van der Waals surface area contributed by atoms with Gasteiger partial charge in [-0.25, -0.2) is 0 Å². The van der Waals surface area contributed by atoms with Gasteiger partial charge in [0.2, 0.25) is 0 Å². The number of hydrogen-bond donors (Lipinski definition) is 1. The van der Waals surface area contributed by atoms with Crippen LogP contribution in [0.25, 0.3) is 0 Å². The van der Waals surface area contributed by atoms with Gasteiger partial charge < -0.3 is 5.32 Å². The fourth-order valence-corrected chi connectivity index (χ4v) is 1.52. The summed E-state index contributed by atoms with van der Waals surface area (Å²) in [5.74, 6) is 0. The molecule has 1 rings (SSSR count). The van der Waals surface area contributed by atoms with Crippen molar-refractivity contribution in [2.24, 2.45) is 0 Å². The van der Waals surface area contributed by atoms with E-state index in [-0.39, 0.29) is 0 Å². The molecule has 0 saturated carbocycles. The third kappa shape index (κ3) is 5.16. The third-order valence-electron chi connectivity index (χ3n) is 2.32. The molecule has 1 aromatic carbocycles. The van der Waals surface area contributed by atoms with E-state index in [1.54, 1.807) is 24.3 Å². The molecule has 0 saturated heterocycles. The summed E-state index contributed by atoms with van der Waals surface area (Å²) in [5, 5.41) is 3.03. The van der Waals surface area contributed by atoms with E-state index in [9.17, 15) is 13.2 Å². The summed E-state index contributed by atoms with van der Waals surface area (Å²) >= 11 is 0. The van der Waals surface area contributed by atoms with Crippen molar-refractivity contribution in [3.8, 4) is 0 Å². The molecule has 0 aliphatic heterocycles. The highest BCUT2D eigenvalue weighted by Gasteiger charge is 2.27. The van der Waals surface area contributed by atoms with E-state index in [1.165, 1.54) is 0 Å². The van der Waals surface area contributed by atoms with Gasteiger partial charge in [0.15, 0.2) is 0 Å². The lowest BCUT2D eigenvalue weighted by molar-refractivity contribution is -0.127. The number of aryl methyl sites for hydroxylation is 1. The fourth-order valence-electron chi connectivity index (χ4n) is 1.52. The van der Waals surface area contributed by atoms with Crippen LogP contribution in [-0.2, 0) is 12.8 Å². The molecule has 1 aromatic rings. The molecule has 0 aliphatic carbocycles. The second kappa shape index (κ2) is 5.89. The first kappa shape index (κ1) is 13.0. The van der Waals surface area contributed by atoms with E-state index in [2.05, 4.69) is 5.32 Å². The summed E-state index contributed by atoms with van der Waals surface area (Å²) in [6.07, 6.45) is -3.07. The van der Waals surface area contributed by atoms with Crippen molar-refractivity contribution in [1.29, 1.82) is 0 Å². The van der Waals surface area contributed by atoms with E-state index in [0.29, 0.717) is 5.56 Å². The van der Waals surface area contributed by atoms with E-state index < -0.39 is 12.6 Å². The number of nitrogens with one attached hydrogen (secondary N) is 1. The average Bonchev–Trinajstić information content (AvgIpc) is 2.19. The van der Waals surface area contributed by atoms with Gasteiger partial charge in [-0.2, -0.15) is 13.2 Å². The van der Waals surface area contributed by atoms with Gasteiger partial charge in [-0.05, 0) is 37.6 Å². The molecule has 0 amide bonds. The Labute approximate surface area is 93.7 Å². The summed E-state index contributed by atoms with van der Waals surface area (Å²) < 4.78 is 36.2. The van der Waals surface area contributed by atoms with Crippen molar-refractivity contribution in [2.45, 2.75) is 25.4 Å². The molecule has 0 spiro atoms. The minimum Gasteiger partial charge on any atom is -0.320 e. The van der Waals surface area contributed by atoms with Gasteiger partial charge in [-0.1, -0.05) is 24.3 Å². The Kier molecular flexibility index (Phi) is 4.80. The lowest BCUT2D eigenvalue weighted by Crippen LogP contribution is -2.11. The highest BCUT2D eigenvalue weighted by molar-refractivity contribution is 5.23. The molecule has 0 aliphatic rings. The Morgan fingerprint density at radius 2 is 1.62 bits per heavy atom. The van der Waals surface area contributed by atoms with Gasteiger partial charge in [0, 0.05) is 0 Å². The second-order valence-corrected chi connectivity index (χ2v) is 3.82. The average molecular weight is 231 g/mol. The molecule has 0 radical (unpaired) electrons. The highest BCUT2D eigenvalue weighted by atomic mass is 19.4. The molecule has 0 unspecified atom stereocenters. The maximum Gasteiger partial charge on any atom is 0.393 e. The zero-order valence-electron chi connectivity index (χ0n) is 9.27. The standard InChI is InChI=1S/C12H16F3N/c1-16-8-2-3-10-4-6-11(7-5-10)9-12(13,14)15/h4-7,16H,2-3,8-9H2,1H3. The number of benzene rings is 1. The summed E-state index contributed by atoms with van der Waals surface area (Å²) in [5.41, 5.74) is 1.41. The van der Waals surface area contributed by atoms with E-state index >= 15 is 0 Å². The lowest BCUT2D eigenvalue weighted by atomic mass is 10.1. The zero-order chi connectivity index (χ0) is 12.0. The van der Waals surface area contributed by atoms with Gasteiger partial charge in [0.25, 0.3) is 0 Å². The van der Waals surface area contributed by atoms with Crippen LogP contribution in [0.15, 0.2) is 24.3 Å². The van der Waals surface area contributed by atoms with E-state index in [1.807, 2.05) is 7.05 Å². The molecular weight excluding hydrogens is 215 g/mol. The van der Waals surface area contributed by atoms with Crippen molar-refractivity contribution >= 4 is 0 Å². The van der Waals surface area contributed by atoms with Crippen LogP contribution >= 0.6 is 0 Å². The van der Waals surface area contributed by atoms with Gasteiger partial charge >= 0.3 is 6.18 Å². The smallest absolute Gasteiger partial charge is 0.320 e. The van der Waals surface area contributed by atoms with Crippen LogP contribution in [-0.4, -0.2) is 19.8 Å². The van der Waals surface area contributed by atoms with Crippen LogP contribution in [0.5, 0.6) is 0 Å². The minimum absolute atomic E-state index is 0.324. The first-order valence-corrected chi connectivity index (χ1v) is 5.30. The molecule has 0 fully saturated rings. The van der Waals surface area contributed by atoms with Crippen molar-refractivity contribution in [3.63, 3.8) is 0 Å². The normalized spacial score (nSPS) is 11.8. The molecule has 0 aromatic heterocycles. The number of halogens is 3. The molecule has 0 atom stereocenters. The lowest BCUT2D eigenvalue weighted by Gasteiger charge is -2.07. The first-order chi connectivity index (χ1) is 7.51. The van der Waals surface area contributed by atoms with Crippen LogP contribution in [0.2, 0.25) is 0 Å². The summed E-state index contributed by atoms with van der Waals surface area (Å²) in [6, 6.07) is 6.66. The topological polar surface area (TPSA) is 12.0 Å². The predicted molar refractivity (Wildman–Crippen MR) is 58.4 cm³/mol. The first-order valence-electron chi connectivity index (χ1n) is 5.30. The second-order valence-electron chi connectivity index (χ2n) is 3.82. The van der Waals surface area contributed by atoms with Crippen molar-refractivity contribution in [1.82, 2.24) is 5.32 Å². The third-order valence-corrected chi connectivity index (χ3v) is 2.32. The minimum atomic E-state index is -4.12. The molecular formula is C12H16F3N. The number of hydrogen-bond acceptors (Lipinski definition) is 1. The summed E-state index contributed by atoms with van der Waals surface area (Å²) in [4.78, 5) is 0. The van der Waals surface area contributed by atoms with Crippen LogP contribution in [0.3, 0.4) is 0 Å². The number of alkyl halides is 3. The summed E-state index contributed by atoms with van der Waals surface area (Å²) in [6.45, 7) is 0.921. The largest absolute Gasteiger partial charge is 0.393 e. The predicted octanol–water partition coefficient (Wildman–Crippen LogP) is 2.94. The fraction of sp³-hybridized carbons (Fsp3) is 0.500. The number of rotatable bonds is 5. The quantitative estimate of drug-likeness (QED) is 0.768. The molecule has 16 heavy (non-hydrogen) atoms. The Morgan fingerprint density at radius 3 is 2.12 bits per heavy atom. The monoisotopic (exact) mass is 231 g/mol. The maximum absolute atomic E-state index is 12.1. The molecule has 0 bridgehead atoms. The Bertz CT molecular complexity index is 303. The molecule has 90 valence electrons.